The van der Waals surface area contributed by atoms with Crippen LogP contribution < -0.4 is 14.8 Å². The Morgan fingerprint density at radius 2 is 1.86 bits per heavy atom. The van der Waals surface area contributed by atoms with Crippen molar-refractivity contribution >= 4 is 18.0 Å². The van der Waals surface area contributed by atoms with Gasteiger partial charge in [-0.1, -0.05) is 37.6 Å². The molecular weight excluding hydrogens is 356 g/mol. The number of nitrogens with one attached hydrogen (secondary N) is 1. The van der Waals surface area contributed by atoms with E-state index in [1.54, 1.807) is 48.5 Å². The van der Waals surface area contributed by atoms with Crippen molar-refractivity contribution in [1.82, 2.24) is 5.32 Å². The Labute approximate surface area is 164 Å². The first-order valence-corrected chi connectivity index (χ1v) is 8.94. The van der Waals surface area contributed by atoms with E-state index in [1.807, 2.05) is 13.0 Å². The molecule has 0 saturated heterocycles. The van der Waals surface area contributed by atoms with Crippen molar-refractivity contribution in [3.05, 3.63) is 65.2 Å². The van der Waals surface area contributed by atoms with Crippen LogP contribution in [0.25, 0.3) is 6.08 Å². The highest BCUT2D eigenvalue weighted by molar-refractivity contribution is 6.01. The van der Waals surface area contributed by atoms with Crippen LogP contribution >= 0.6 is 0 Å². The van der Waals surface area contributed by atoms with Crippen molar-refractivity contribution in [3.8, 4) is 17.6 Å². The lowest BCUT2D eigenvalue weighted by molar-refractivity contribution is -0.117. The highest BCUT2D eigenvalue weighted by atomic mass is 16.5. The van der Waals surface area contributed by atoms with E-state index in [-0.39, 0.29) is 5.57 Å². The number of carbonyl (C=O) groups excluding carboxylic acids is 2. The molecule has 0 heterocycles. The van der Waals surface area contributed by atoms with Gasteiger partial charge in [-0.2, -0.15) is 5.26 Å². The number of esters is 1. The van der Waals surface area contributed by atoms with Gasteiger partial charge in [-0.15, -0.1) is 0 Å². The normalized spacial score (nSPS) is 10.7. The summed E-state index contributed by atoms with van der Waals surface area (Å²) in [5, 5.41) is 11.9. The fourth-order valence-electron chi connectivity index (χ4n) is 2.40. The molecule has 0 aliphatic heterocycles. The average molecular weight is 378 g/mol. The molecule has 0 aliphatic rings. The van der Waals surface area contributed by atoms with Crippen LogP contribution in [0.4, 0.5) is 0 Å². The second kappa shape index (κ2) is 10.5. The molecule has 2 aromatic rings. The number of rotatable bonds is 8. The number of hydrogen-bond donors (Lipinski definition) is 1. The number of methoxy groups -OCH3 is 1. The van der Waals surface area contributed by atoms with E-state index < -0.39 is 11.9 Å². The summed E-state index contributed by atoms with van der Waals surface area (Å²) in [4.78, 5) is 24.3. The van der Waals surface area contributed by atoms with Gasteiger partial charge in [0.1, 0.15) is 28.7 Å². The molecular formula is C22H22N2O4. The predicted molar refractivity (Wildman–Crippen MR) is 106 cm³/mol. The van der Waals surface area contributed by atoms with Gasteiger partial charge < -0.3 is 14.8 Å². The molecule has 144 valence electrons. The first kappa shape index (κ1) is 20.7. The minimum atomic E-state index is -0.534. The highest BCUT2D eigenvalue weighted by Gasteiger charge is 2.14. The van der Waals surface area contributed by atoms with Crippen LogP contribution in [0.1, 0.15) is 35.7 Å². The number of nitrogens with zero attached hydrogens (tertiary/aromatic N) is 1. The number of hydrogen-bond acceptors (Lipinski definition) is 5. The molecule has 6 heteroatoms. The molecule has 1 amide bonds. The zero-order chi connectivity index (χ0) is 20.4. The first-order chi connectivity index (χ1) is 13.6. The number of carbonyl (C=O) groups is 2. The Hall–Kier alpha value is -3.59. The van der Waals surface area contributed by atoms with Crippen LogP contribution in [0, 0.1) is 11.3 Å². The molecule has 0 bridgehead atoms. The summed E-state index contributed by atoms with van der Waals surface area (Å²) in [5.74, 6) is -0.157. The molecule has 0 radical (unpaired) electrons. The second-order valence-electron chi connectivity index (χ2n) is 5.94. The Morgan fingerprint density at radius 1 is 1.14 bits per heavy atom. The molecule has 1 N–H and O–H groups in total. The smallest absolute Gasteiger partial charge is 0.347 e. The molecule has 0 spiro atoms. The predicted octanol–water partition coefficient (Wildman–Crippen LogP) is 3.74. The average Bonchev–Trinajstić information content (AvgIpc) is 2.73. The number of ether oxygens (including phenoxy) is 2. The van der Waals surface area contributed by atoms with Crippen molar-refractivity contribution < 1.29 is 19.1 Å². The summed E-state index contributed by atoms with van der Waals surface area (Å²) in [6, 6.07) is 15.2. The van der Waals surface area contributed by atoms with E-state index in [1.165, 1.54) is 13.2 Å². The Morgan fingerprint density at radius 3 is 2.50 bits per heavy atom. The summed E-state index contributed by atoms with van der Waals surface area (Å²) in [6.07, 6.45) is 3.31. The van der Waals surface area contributed by atoms with Crippen LogP contribution in [0.3, 0.4) is 0 Å². The Kier molecular flexibility index (Phi) is 7.79. The third-order valence-corrected chi connectivity index (χ3v) is 3.91. The van der Waals surface area contributed by atoms with E-state index in [0.29, 0.717) is 29.2 Å². The van der Waals surface area contributed by atoms with Crippen molar-refractivity contribution in [2.45, 2.75) is 19.8 Å². The Bertz CT molecular complexity index is 895. The van der Waals surface area contributed by atoms with Crippen LogP contribution in [0.5, 0.6) is 11.5 Å². The maximum Gasteiger partial charge on any atom is 0.347 e. The fraction of sp³-hybridized carbons (Fsp3) is 0.227. The summed E-state index contributed by atoms with van der Waals surface area (Å²) in [5.41, 5.74) is 0.999. The zero-order valence-electron chi connectivity index (χ0n) is 15.9. The van der Waals surface area contributed by atoms with Gasteiger partial charge in [0, 0.05) is 6.54 Å². The van der Waals surface area contributed by atoms with Crippen molar-refractivity contribution in [1.29, 1.82) is 5.26 Å². The number of para-hydroxylation sites is 1. The molecule has 28 heavy (non-hydrogen) atoms. The van der Waals surface area contributed by atoms with E-state index in [9.17, 15) is 14.9 Å². The number of amides is 1. The molecule has 0 aromatic heterocycles. The minimum Gasteiger partial charge on any atom is -0.496 e. The third kappa shape index (κ3) is 5.71. The first-order valence-electron chi connectivity index (χ1n) is 8.94. The van der Waals surface area contributed by atoms with Crippen LogP contribution in [0.2, 0.25) is 0 Å². The lowest BCUT2D eigenvalue weighted by Gasteiger charge is -2.08. The molecule has 2 aromatic carbocycles. The SMILES string of the molecule is CCCCNC(=O)/C(C#N)=C/c1ccc(OC(=O)c2ccccc2OC)cc1. The van der Waals surface area contributed by atoms with Crippen LogP contribution in [0.15, 0.2) is 54.1 Å². The summed E-state index contributed by atoms with van der Waals surface area (Å²) in [7, 11) is 1.48. The fourth-order valence-corrected chi connectivity index (χ4v) is 2.40. The van der Waals surface area contributed by atoms with Crippen molar-refractivity contribution in [2.24, 2.45) is 0 Å². The van der Waals surface area contributed by atoms with Gasteiger partial charge in [0.25, 0.3) is 5.91 Å². The van der Waals surface area contributed by atoms with Gasteiger partial charge in [-0.25, -0.2) is 4.79 Å². The van der Waals surface area contributed by atoms with E-state index in [2.05, 4.69) is 5.32 Å². The standard InChI is InChI=1S/C22H22N2O4/c1-3-4-13-24-21(25)17(15-23)14-16-9-11-18(12-10-16)28-22(26)19-7-5-6-8-20(19)27-2/h5-12,14H,3-4,13H2,1-2H3,(H,24,25)/b17-14+. The largest absolute Gasteiger partial charge is 0.496 e. The highest BCUT2D eigenvalue weighted by Crippen LogP contribution is 2.21. The molecule has 0 saturated carbocycles. The summed E-state index contributed by atoms with van der Waals surface area (Å²) < 4.78 is 10.5. The molecule has 0 aliphatic carbocycles. The monoisotopic (exact) mass is 378 g/mol. The second-order valence-corrected chi connectivity index (χ2v) is 5.94. The van der Waals surface area contributed by atoms with Gasteiger partial charge >= 0.3 is 5.97 Å². The topological polar surface area (TPSA) is 88.4 Å². The van der Waals surface area contributed by atoms with E-state index in [4.69, 9.17) is 9.47 Å². The number of unbranched alkanes of at least 4 members (excludes halogenated alkanes) is 1. The lowest BCUT2D eigenvalue weighted by atomic mass is 10.1. The molecule has 0 fully saturated rings. The van der Waals surface area contributed by atoms with Crippen molar-refractivity contribution in [2.75, 3.05) is 13.7 Å². The third-order valence-electron chi connectivity index (χ3n) is 3.91. The van der Waals surface area contributed by atoms with Gasteiger partial charge in [0.15, 0.2) is 0 Å². The quantitative estimate of drug-likeness (QED) is 0.249. The van der Waals surface area contributed by atoms with Crippen LogP contribution in [-0.2, 0) is 4.79 Å². The lowest BCUT2D eigenvalue weighted by Crippen LogP contribution is -2.25. The van der Waals surface area contributed by atoms with Gasteiger partial charge in [0.2, 0.25) is 0 Å². The van der Waals surface area contributed by atoms with E-state index >= 15 is 0 Å². The Balaban J connectivity index is 2.07. The number of benzene rings is 2. The maximum atomic E-state index is 12.3. The van der Waals surface area contributed by atoms with Gasteiger partial charge in [0.05, 0.1) is 7.11 Å². The summed E-state index contributed by atoms with van der Waals surface area (Å²) >= 11 is 0. The molecule has 0 unspecified atom stereocenters. The van der Waals surface area contributed by atoms with Gasteiger partial charge in [-0.05, 0) is 42.3 Å². The molecule has 2 rings (SSSR count). The van der Waals surface area contributed by atoms with Crippen LogP contribution in [-0.4, -0.2) is 25.5 Å². The summed E-state index contributed by atoms with van der Waals surface area (Å²) in [6.45, 7) is 2.56. The van der Waals surface area contributed by atoms with Crippen molar-refractivity contribution in [3.63, 3.8) is 0 Å². The zero-order valence-corrected chi connectivity index (χ0v) is 15.9. The molecule has 6 nitrogen and oxygen atoms in total. The minimum absolute atomic E-state index is 0.0230. The number of nitriles is 1. The maximum absolute atomic E-state index is 12.3. The molecule has 0 atom stereocenters. The van der Waals surface area contributed by atoms with Gasteiger partial charge in [-0.3, -0.25) is 4.79 Å². The van der Waals surface area contributed by atoms with E-state index in [0.717, 1.165) is 12.8 Å².